The summed E-state index contributed by atoms with van der Waals surface area (Å²) in [5.41, 5.74) is 1.33. The van der Waals surface area contributed by atoms with Crippen molar-refractivity contribution < 1.29 is 9.53 Å². The minimum Gasteiger partial charge on any atom is -0.423 e. The SMILES string of the molecule is C=C/C=C1/C(=O)OC(=C)/C1=C/CC. The fourth-order valence-electron chi connectivity index (χ4n) is 1.19. The maximum absolute atomic E-state index is 11.2. The Kier molecular flexibility index (Phi) is 2.85. The Morgan fingerprint density at radius 1 is 1.46 bits per heavy atom. The highest BCUT2D eigenvalue weighted by Crippen LogP contribution is 2.29. The Morgan fingerprint density at radius 2 is 2.15 bits per heavy atom. The Hall–Kier alpha value is -1.57. The normalized spacial score (nSPS) is 22.5. The van der Waals surface area contributed by atoms with Gasteiger partial charge in [-0.3, -0.25) is 0 Å². The lowest BCUT2D eigenvalue weighted by Gasteiger charge is -1.93. The van der Waals surface area contributed by atoms with Crippen LogP contribution in [-0.4, -0.2) is 5.97 Å². The van der Waals surface area contributed by atoms with Crippen LogP contribution in [0.5, 0.6) is 0 Å². The molecule has 0 spiro atoms. The number of rotatable bonds is 2. The Labute approximate surface area is 77.9 Å². The number of carbonyl (C=O) groups is 1. The van der Waals surface area contributed by atoms with Crippen molar-refractivity contribution >= 4 is 5.97 Å². The Morgan fingerprint density at radius 3 is 2.69 bits per heavy atom. The van der Waals surface area contributed by atoms with Crippen LogP contribution in [0.3, 0.4) is 0 Å². The molecule has 0 radical (unpaired) electrons. The summed E-state index contributed by atoms with van der Waals surface area (Å²) in [4.78, 5) is 11.2. The van der Waals surface area contributed by atoms with Crippen molar-refractivity contribution in [1.29, 1.82) is 0 Å². The zero-order chi connectivity index (χ0) is 9.84. The second-order valence-corrected chi connectivity index (χ2v) is 2.65. The van der Waals surface area contributed by atoms with Crippen LogP contribution in [0.2, 0.25) is 0 Å². The molecule has 1 aliphatic rings. The molecule has 2 nitrogen and oxygen atoms in total. The minimum atomic E-state index is -0.343. The molecule has 0 N–H and O–H groups in total. The van der Waals surface area contributed by atoms with Crippen LogP contribution >= 0.6 is 0 Å². The maximum atomic E-state index is 11.2. The van der Waals surface area contributed by atoms with Gasteiger partial charge in [0.2, 0.25) is 0 Å². The van der Waals surface area contributed by atoms with Gasteiger partial charge >= 0.3 is 5.97 Å². The van der Waals surface area contributed by atoms with E-state index in [2.05, 4.69) is 13.2 Å². The van der Waals surface area contributed by atoms with Crippen LogP contribution in [0.25, 0.3) is 0 Å². The van der Waals surface area contributed by atoms with Crippen molar-refractivity contribution in [2.45, 2.75) is 13.3 Å². The molecule has 0 atom stereocenters. The van der Waals surface area contributed by atoms with Gasteiger partial charge in [0.15, 0.2) is 0 Å². The van der Waals surface area contributed by atoms with Crippen LogP contribution in [0.15, 0.2) is 48.3 Å². The maximum Gasteiger partial charge on any atom is 0.344 e. The standard InChI is InChI=1S/C11H12O2/c1-4-6-9-8(3)13-11(12)10(9)7-5-2/h5-7H,2-4H2,1H3/b9-6-,10-7+. The summed E-state index contributed by atoms with van der Waals surface area (Å²) in [5, 5.41) is 0. The van der Waals surface area contributed by atoms with E-state index in [1.165, 1.54) is 0 Å². The number of hydrogen-bond acceptors (Lipinski definition) is 2. The summed E-state index contributed by atoms with van der Waals surface area (Å²) in [6.07, 6.45) is 5.97. The third-order valence-electron chi connectivity index (χ3n) is 1.72. The first kappa shape index (κ1) is 9.52. The van der Waals surface area contributed by atoms with Gasteiger partial charge in [-0.25, -0.2) is 4.79 Å². The van der Waals surface area contributed by atoms with E-state index in [4.69, 9.17) is 4.74 Å². The molecule has 1 aliphatic heterocycles. The van der Waals surface area contributed by atoms with Crippen molar-refractivity contribution in [3.8, 4) is 0 Å². The summed E-state index contributed by atoms with van der Waals surface area (Å²) < 4.78 is 4.87. The Bertz CT molecular complexity index is 319. The predicted octanol–water partition coefficient (Wildman–Crippen LogP) is 2.51. The molecule has 1 fully saturated rings. The monoisotopic (exact) mass is 176 g/mol. The van der Waals surface area contributed by atoms with Gasteiger partial charge in [0.05, 0.1) is 5.57 Å². The topological polar surface area (TPSA) is 26.3 Å². The minimum absolute atomic E-state index is 0.343. The van der Waals surface area contributed by atoms with Crippen molar-refractivity contribution in [3.63, 3.8) is 0 Å². The van der Waals surface area contributed by atoms with Gasteiger partial charge in [0, 0.05) is 5.57 Å². The van der Waals surface area contributed by atoms with Crippen molar-refractivity contribution in [2.75, 3.05) is 0 Å². The molecule has 1 rings (SSSR count). The lowest BCUT2D eigenvalue weighted by Crippen LogP contribution is -1.94. The second kappa shape index (κ2) is 3.90. The molecular formula is C11H12O2. The average molecular weight is 176 g/mol. The number of carbonyl (C=O) groups excluding carboxylic acids is 1. The summed E-state index contributed by atoms with van der Waals surface area (Å²) in [7, 11) is 0. The first-order chi connectivity index (χ1) is 6.20. The van der Waals surface area contributed by atoms with Gasteiger partial charge in [-0.2, -0.15) is 0 Å². The molecule has 0 bridgehead atoms. The predicted molar refractivity (Wildman–Crippen MR) is 51.9 cm³/mol. The third kappa shape index (κ3) is 1.78. The summed E-state index contributed by atoms with van der Waals surface area (Å²) in [6.45, 7) is 9.18. The molecule has 0 aromatic rings. The number of hydrogen-bond donors (Lipinski definition) is 0. The molecule has 0 aromatic carbocycles. The molecule has 0 unspecified atom stereocenters. The molecule has 1 saturated heterocycles. The van der Waals surface area contributed by atoms with Gasteiger partial charge in [-0.1, -0.05) is 32.2 Å². The zero-order valence-electron chi connectivity index (χ0n) is 7.67. The molecule has 0 aromatic heterocycles. The number of ether oxygens (including phenoxy) is 1. The fourth-order valence-corrected chi connectivity index (χ4v) is 1.19. The van der Waals surface area contributed by atoms with Crippen molar-refractivity contribution in [2.24, 2.45) is 0 Å². The second-order valence-electron chi connectivity index (χ2n) is 2.65. The first-order valence-corrected chi connectivity index (χ1v) is 4.15. The molecular weight excluding hydrogens is 164 g/mol. The quantitative estimate of drug-likeness (QED) is 0.477. The summed E-state index contributed by atoms with van der Waals surface area (Å²) in [5.74, 6) is 0.0875. The molecule has 68 valence electrons. The molecule has 0 aliphatic carbocycles. The zero-order valence-corrected chi connectivity index (χ0v) is 7.67. The lowest BCUT2D eigenvalue weighted by molar-refractivity contribution is -0.132. The molecule has 2 heteroatoms. The van der Waals surface area contributed by atoms with Crippen LogP contribution in [0.1, 0.15) is 13.3 Å². The van der Waals surface area contributed by atoms with Gasteiger partial charge < -0.3 is 4.74 Å². The van der Waals surface area contributed by atoms with Crippen LogP contribution in [0.4, 0.5) is 0 Å². The van der Waals surface area contributed by atoms with E-state index in [0.717, 1.165) is 12.0 Å². The van der Waals surface area contributed by atoms with E-state index in [9.17, 15) is 4.79 Å². The van der Waals surface area contributed by atoms with E-state index in [-0.39, 0.29) is 5.97 Å². The smallest absolute Gasteiger partial charge is 0.344 e. The summed E-state index contributed by atoms with van der Waals surface area (Å²) >= 11 is 0. The highest BCUT2D eigenvalue weighted by molar-refractivity contribution is 5.99. The average Bonchev–Trinajstić information content (AvgIpc) is 2.33. The molecule has 1 heterocycles. The van der Waals surface area contributed by atoms with Gasteiger partial charge in [-0.15, -0.1) is 0 Å². The van der Waals surface area contributed by atoms with Gasteiger partial charge in [-0.05, 0) is 12.5 Å². The van der Waals surface area contributed by atoms with E-state index >= 15 is 0 Å². The van der Waals surface area contributed by atoms with Gasteiger partial charge in [0.1, 0.15) is 5.76 Å². The largest absolute Gasteiger partial charge is 0.423 e. The number of cyclic esters (lactones) is 1. The number of esters is 1. The fraction of sp³-hybridized carbons (Fsp3) is 0.182. The lowest BCUT2D eigenvalue weighted by atomic mass is 10.1. The van der Waals surface area contributed by atoms with E-state index < -0.39 is 0 Å². The third-order valence-corrected chi connectivity index (χ3v) is 1.72. The van der Waals surface area contributed by atoms with Crippen molar-refractivity contribution in [1.82, 2.24) is 0 Å². The number of allylic oxidation sites excluding steroid dienone is 4. The highest BCUT2D eigenvalue weighted by atomic mass is 16.5. The molecule has 0 amide bonds. The summed E-state index contributed by atoms with van der Waals surface area (Å²) in [6, 6.07) is 0. The molecule has 0 saturated carbocycles. The van der Waals surface area contributed by atoms with Gasteiger partial charge in [0.25, 0.3) is 0 Å². The van der Waals surface area contributed by atoms with Crippen LogP contribution in [-0.2, 0) is 9.53 Å². The van der Waals surface area contributed by atoms with Crippen molar-refractivity contribution in [3.05, 3.63) is 48.3 Å². The van der Waals surface area contributed by atoms with E-state index in [0.29, 0.717) is 11.3 Å². The highest BCUT2D eigenvalue weighted by Gasteiger charge is 2.27. The van der Waals surface area contributed by atoms with E-state index in [1.54, 1.807) is 12.2 Å². The van der Waals surface area contributed by atoms with Crippen LogP contribution < -0.4 is 0 Å². The van der Waals surface area contributed by atoms with E-state index in [1.807, 2.05) is 13.0 Å². The van der Waals surface area contributed by atoms with Crippen LogP contribution in [0, 0.1) is 0 Å². The first-order valence-electron chi connectivity index (χ1n) is 4.15. The Balaban J connectivity index is 3.11. The molecule has 13 heavy (non-hydrogen) atoms.